The van der Waals surface area contributed by atoms with E-state index >= 15 is 0 Å². The molecule has 4 rings (SSSR count). The van der Waals surface area contributed by atoms with Crippen LogP contribution in [0.2, 0.25) is 0 Å². The number of piperidine rings is 1. The van der Waals surface area contributed by atoms with E-state index in [9.17, 15) is 4.79 Å². The molecule has 1 fully saturated rings. The normalized spacial score (nSPS) is 16.0. The number of anilines is 1. The van der Waals surface area contributed by atoms with Crippen LogP contribution in [-0.2, 0) is 11.2 Å². The van der Waals surface area contributed by atoms with E-state index in [4.69, 9.17) is 5.73 Å². The van der Waals surface area contributed by atoms with E-state index in [1.54, 1.807) is 6.33 Å². The molecule has 3 aromatic rings. The lowest BCUT2D eigenvalue weighted by Crippen LogP contribution is -2.34. The van der Waals surface area contributed by atoms with Gasteiger partial charge in [0.1, 0.15) is 17.9 Å². The summed E-state index contributed by atoms with van der Waals surface area (Å²) in [7, 11) is 0. The van der Waals surface area contributed by atoms with Crippen molar-refractivity contribution in [3.05, 3.63) is 66.5 Å². The number of Topliss-reactive ketones (excluding diaryl/α,β-unsaturated/α-hetero) is 1. The quantitative estimate of drug-likeness (QED) is 0.613. The molecular formula is C25H30N4O. The molecule has 1 unspecified atom stereocenters. The molecule has 5 heteroatoms. The van der Waals surface area contributed by atoms with Crippen LogP contribution in [0.1, 0.15) is 37.7 Å². The topological polar surface area (TPSA) is 72.1 Å². The fourth-order valence-electron chi connectivity index (χ4n) is 4.42. The zero-order valence-corrected chi connectivity index (χ0v) is 17.4. The number of benzene rings is 2. The largest absolute Gasteiger partial charge is 0.356 e. The molecule has 0 saturated carbocycles. The molecular weight excluding hydrogens is 372 g/mol. The monoisotopic (exact) mass is 402 g/mol. The Balaban J connectivity index is 1.22. The van der Waals surface area contributed by atoms with E-state index in [1.807, 2.05) is 36.4 Å². The molecule has 0 spiro atoms. The number of carbonyl (C=O) groups excluding carboxylic acids is 1. The van der Waals surface area contributed by atoms with Crippen molar-refractivity contribution >= 4 is 22.5 Å². The first-order valence-electron chi connectivity index (χ1n) is 10.9. The van der Waals surface area contributed by atoms with Gasteiger partial charge in [-0.05, 0) is 49.3 Å². The number of rotatable bonds is 8. The van der Waals surface area contributed by atoms with Gasteiger partial charge in [0.05, 0.1) is 5.52 Å². The van der Waals surface area contributed by atoms with Crippen LogP contribution in [0.3, 0.4) is 0 Å². The molecule has 1 aromatic heterocycles. The van der Waals surface area contributed by atoms with Crippen molar-refractivity contribution in [2.24, 2.45) is 11.7 Å². The van der Waals surface area contributed by atoms with Gasteiger partial charge in [-0.1, -0.05) is 42.5 Å². The van der Waals surface area contributed by atoms with Gasteiger partial charge in [-0.25, -0.2) is 9.97 Å². The highest BCUT2D eigenvalue weighted by atomic mass is 16.1. The standard InChI is InChI=1S/C25H30N4O/c26-21(16-20-6-2-1-3-7-20)17-22(30)11-10-19-12-14-29(15-13-19)25-23-8-4-5-9-24(23)27-18-28-25/h1-9,18-19,21H,10-17,26H2. The molecule has 1 atom stereocenters. The first kappa shape index (κ1) is 20.5. The van der Waals surface area contributed by atoms with Crippen molar-refractivity contribution in [1.82, 2.24) is 9.97 Å². The average molecular weight is 403 g/mol. The smallest absolute Gasteiger partial charge is 0.139 e. The van der Waals surface area contributed by atoms with E-state index in [2.05, 4.69) is 33.1 Å². The van der Waals surface area contributed by atoms with Gasteiger partial charge in [0.25, 0.3) is 0 Å². The van der Waals surface area contributed by atoms with Gasteiger partial charge < -0.3 is 10.6 Å². The fraction of sp³-hybridized carbons (Fsp3) is 0.400. The predicted octanol–water partition coefficient (Wildman–Crippen LogP) is 4.16. The minimum Gasteiger partial charge on any atom is -0.356 e. The maximum atomic E-state index is 12.4. The molecule has 156 valence electrons. The second kappa shape index (κ2) is 9.81. The number of para-hydroxylation sites is 1. The molecule has 0 radical (unpaired) electrons. The molecule has 1 aliphatic rings. The minimum atomic E-state index is -0.0900. The number of aromatic nitrogens is 2. The van der Waals surface area contributed by atoms with Crippen molar-refractivity contribution in [2.75, 3.05) is 18.0 Å². The maximum absolute atomic E-state index is 12.4. The van der Waals surface area contributed by atoms with Crippen LogP contribution >= 0.6 is 0 Å². The summed E-state index contributed by atoms with van der Waals surface area (Å²) in [5.41, 5.74) is 8.39. The summed E-state index contributed by atoms with van der Waals surface area (Å²) in [6, 6.07) is 18.2. The molecule has 0 amide bonds. The van der Waals surface area contributed by atoms with E-state index < -0.39 is 0 Å². The lowest BCUT2D eigenvalue weighted by atomic mass is 9.90. The number of nitrogens with two attached hydrogens (primary N) is 1. The summed E-state index contributed by atoms with van der Waals surface area (Å²) in [6.45, 7) is 1.96. The van der Waals surface area contributed by atoms with Crippen LogP contribution < -0.4 is 10.6 Å². The van der Waals surface area contributed by atoms with Gasteiger partial charge in [0, 0.05) is 37.4 Å². The molecule has 1 aliphatic heterocycles. The Morgan fingerprint density at radius 2 is 1.77 bits per heavy atom. The Labute approximate surface area is 178 Å². The van der Waals surface area contributed by atoms with Crippen LogP contribution in [0.5, 0.6) is 0 Å². The summed E-state index contributed by atoms with van der Waals surface area (Å²) >= 11 is 0. The number of fused-ring (bicyclic) bond motifs is 1. The molecule has 0 bridgehead atoms. The van der Waals surface area contributed by atoms with E-state index in [0.717, 1.165) is 55.5 Å². The predicted molar refractivity (Wildman–Crippen MR) is 121 cm³/mol. The Bertz CT molecular complexity index is 962. The first-order valence-corrected chi connectivity index (χ1v) is 10.9. The van der Waals surface area contributed by atoms with Crippen LogP contribution in [0.15, 0.2) is 60.9 Å². The van der Waals surface area contributed by atoms with Crippen molar-refractivity contribution in [3.8, 4) is 0 Å². The minimum absolute atomic E-state index is 0.0900. The van der Waals surface area contributed by atoms with Crippen LogP contribution in [0.4, 0.5) is 5.82 Å². The summed E-state index contributed by atoms with van der Waals surface area (Å²) in [4.78, 5) is 23.7. The van der Waals surface area contributed by atoms with Crippen LogP contribution in [0, 0.1) is 5.92 Å². The van der Waals surface area contributed by atoms with Gasteiger partial charge in [0.15, 0.2) is 0 Å². The second-order valence-electron chi connectivity index (χ2n) is 8.38. The molecule has 1 saturated heterocycles. The second-order valence-corrected chi connectivity index (χ2v) is 8.38. The van der Waals surface area contributed by atoms with Crippen molar-refractivity contribution < 1.29 is 4.79 Å². The third-order valence-electron chi connectivity index (χ3n) is 6.10. The molecule has 2 N–H and O–H groups in total. The van der Waals surface area contributed by atoms with Crippen molar-refractivity contribution in [2.45, 2.75) is 44.6 Å². The first-order chi connectivity index (χ1) is 14.7. The van der Waals surface area contributed by atoms with E-state index in [-0.39, 0.29) is 6.04 Å². The molecule has 5 nitrogen and oxygen atoms in total. The number of hydrogen-bond acceptors (Lipinski definition) is 5. The Morgan fingerprint density at radius 1 is 1.03 bits per heavy atom. The molecule has 2 aromatic carbocycles. The van der Waals surface area contributed by atoms with Crippen LogP contribution in [-0.4, -0.2) is 34.9 Å². The Hall–Kier alpha value is -2.79. The van der Waals surface area contributed by atoms with Crippen molar-refractivity contribution in [1.29, 1.82) is 0 Å². The van der Waals surface area contributed by atoms with Crippen LogP contribution in [0.25, 0.3) is 10.9 Å². The summed E-state index contributed by atoms with van der Waals surface area (Å²) in [5.74, 6) is 1.92. The van der Waals surface area contributed by atoms with Gasteiger partial charge in [-0.3, -0.25) is 4.79 Å². The molecule has 2 heterocycles. The summed E-state index contributed by atoms with van der Waals surface area (Å²) in [5, 5.41) is 1.11. The summed E-state index contributed by atoms with van der Waals surface area (Å²) in [6.07, 6.45) is 6.70. The van der Waals surface area contributed by atoms with E-state index in [0.29, 0.717) is 24.5 Å². The maximum Gasteiger partial charge on any atom is 0.139 e. The molecule has 0 aliphatic carbocycles. The number of carbonyl (C=O) groups is 1. The number of nitrogens with zero attached hydrogens (tertiary/aromatic N) is 3. The highest BCUT2D eigenvalue weighted by molar-refractivity contribution is 5.89. The number of hydrogen-bond donors (Lipinski definition) is 1. The van der Waals surface area contributed by atoms with Gasteiger partial charge in [-0.2, -0.15) is 0 Å². The lowest BCUT2D eigenvalue weighted by molar-refractivity contribution is -0.119. The highest BCUT2D eigenvalue weighted by Gasteiger charge is 2.22. The molecule has 30 heavy (non-hydrogen) atoms. The number of ketones is 1. The third kappa shape index (κ3) is 5.22. The van der Waals surface area contributed by atoms with Gasteiger partial charge >= 0.3 is 0 Å². The third-order valence-corrected chi connectivity index (χ3v) is 6.10. The van der Waals surface area contributed by atoms with Gasteiger partial charge in [0.2, 0.25) is 0 Å². The lowest BCUT2D eigenvalue weighted by Gasteiger charge is -2.33. The van der Waals surface area contributed by atoms with Gasteiger partial charge in [-0.15, -0.1) is 0 Å². The Morgan fingerprint density at radius 3 is 2.57 bits per heavy atom. The average Bonchev–Trinajstić information content (AvgIpc) is 2.78. The highest BCUT2D eigenvalue weighted by Crippen LogP contribution is 2.29. The summed E-state index contributed by atoms with van der Waals surface area (Å²) < 4.78 is 0. The fourth-order valence-corrected chi connectivity index (χ4v) is 4.42. The SMILES string of the molecule is NC(CC(=O)CCC1CCN(c2ncnc3ccccc23)CC1)Cc1ccccc1. The van der Waals surface area contributed by atoms with E-state index in [1.165, 1.54) is 5.56 Å². The van der Waals surface area contributed by atoms with Crippen molar-refractivity contribution in [3.63, 3.8) is 0 Å². The Kier molecular flexibility index (Phi) is 6.70. The zero-order chi connectivity index (χ0) is 20.8. The zero-order valence-electron chi connectivity index (χ0n) is 17.4.